The molecule has 7 atom stereocenters. The number of hydrogen-bond donors (Lipinski definition) is 7. The van der Waals surface area contributed by atoms with Crippen LogP contribution in [0.15, 0.2) is 0 Å². The van der Waals surface area contributed by atoms with Crippen molar-refractivity contribution in [3.05, 3.63) is 0 Å². The molecule has 1 aliphatic rings. The van der Waals surface area contributed by atoms with E-state index in [9.17, 15) is 30.3 Å². The Kier molecular flexibility index (Phi) is 5.58. The highest BCUT2D eigenvalue weighted by atomic mass is 17.2. The zero-order chi connectivity index (χ0) is 14.7. The van der Waals surface area contributed by atoms with Gasteiger partial charge in [-0.15, -0.1) is 0 Å². The van der Waals surface area contributed by atoms with Crippen molar-refractivity contribution in [2.75, 3.05) is 6.61 Å². The van der Waals surface area contributed by atoms with Crippen molar-refractivity contribution in [1.29, 1.82) is 0 Å². The van der Waals surface area contributed by atoms with Crippen molar-refractivity contribution in [2.24, 2.45) is 5.73 Å². The smallest absolute Gasteiger partial charge is 0.361 e. The summed E-state index contributed by atoms with van der Waals surface area (Å²) in [4.78, 5) is 19.7. The van der Waals surface area contributed by atoms with Crippen LogP contribution in [0, 0.1) is 0 Å². The summed E-state index contributed by atoms with van der Waals surface area (Å²) in [6.45, 7) is -0.706. The Bertz CT molecular complexity index is 298. The predicted octanol–water partition coefficient (Wildman–Crippen LogP) is -5.03. The van der Waals surface area contributed by atoms with Crippen molar-refractivity contribution in [1.82, 2.24) is 0 Å². The van der Waals surface area contributed by atoms with E-state index in [-0.39, 0.29) is 0 Å². The van der Waals surface area contributed by atoms with Crippen LogP contribution in [0.1, 0.15) is 0 Å². The van der Waals surface area contributed by atoms with E-state index in [1.807, 2.05) is 0 Å². The van der Waals surface area contributed by atoms with Crippen molar-refractivity contribution in [2.45, 2.75) is 42.7 Å². The summed E-state index contributed by atoms with van der Waals surface area (Å²) >= 11 is 0. The summed E-state index contributed by atoms with van der Waals surface area (Å²) in [7, 11) is 0. The lowest BCUT2D eigenvalue weighted by Gasteiger charge is -2.40. The highest BCUT2D eigenvalue weighted by Crippen LogP contribution is 2.24. The number of carbonyl (C=O) groups is 1. The van der Waals surface area contributed by atoms with Crippen LogP contribution >= 0.6 is 0 Å². The van der Waals surface area contributed by atoms with Crippen LogP contribution < -0.4 is 5.73 Å². The van der Waals surface area contributed by atoms with Gasteiger partial charge in [0.2, 0.25) is 0 Å². The standard InChI is InChI=1S/C9H17NO9/c10-2(1-11)9(17)19-18-8-6(15)4(13)3(12)5(14)7(8)16/h2-8,11-16H,1,10H2/t2?,3?,4?,5?,6-,7+,8?. The molecule has 0 aromatic carbocycles. The van der Waals surface area contributed by atoms with E-state index in [0.29, 0.717) is 0 Å². The molecule has 0 aromatic heterocycles. The van der Waals surface area contributed by atoms with Gasteiger partial charge in [-0.2, -0.15) is 4.89 Å². The third-order valence-corrected chi connectivity index (χ3v) is 2.81. The quantitative estimate of drug-likeness (QED) is 0.195. The number of aliphatic hydroxyl groups is 6. The molecule has 0 saturated heterocycles. The van der Waals surface area contributed by atoms with Gasteiger partial charge in [0.1, 0.15) is 36.6 Å². The molecular formula is C9H17NO9. The maximum Gasteiger partial charge on any atom is 0.361 e. The highest BCUT2D eigenvalue weighted by molar-refractivity contribution is 5.74. The third kappa shape index (κ3) is 3.38. The fraction of sp³-hybridized carbons (Fsp3) is 0.889. The van der Waals surface area contributed by atoms with E-state index in [2.05, 4.69) is 9.78 Å². The first-order valence-corrected chi connectivity index (χ1v) is 5.45. The Hall–Kier alpha value is -0.850. The molecule has 1 aliphatic carbocycles. The van der Waals surface area contributed by atoms with Crippen LogP contribution in [0.3, 0.4) is 0 Å². The van der Waals surface area contributed by atoms with Gasteiger partial charge in [0.05, 0.1) is 6.61 Å². The Labute approximate surface area is 107 Å². The summed E-state index contributed by atoms with van der Waals surface area (Å²) in [5.74, 6) is -1.17. The summed E-state index contributed by atoms with van der Waals surface area (Å²) in [5.41, 5.74) is 5.11. The molecule has 0 aromatic rings. The van der Waals surface area contributed by atoms with Gasteiger partial charge in [-0.05, 0) is 0 Å². The molecule has 0 heterocycles. The van der Waals surface area contributed by atoms with E-state index >= 15 is 0 Å². The number of hydrogen-bond acceptors (Lipinski definition) is 10. The van der Waals surface area contributed by atoms with Gasteiger partial charge in [-0.25, -0.2) is 4.79 Å². The van der Waals surface area contributed by atoms with Crippen LogP contribution in [-0.2, 0) is 14.6 Å². The van der Waals surface area contributed by atoms with Crippen molar-refractivity contribution in [3.8, 4) is 0 Å². The lowest BCUT2D eigenvalue weighted by molar-refractivity contribution is -0.353. The van der Waals surface area contributed by atoms with Crippen molar-refractivity contribution >= 4 is 5.97 Å². The SMILES string of the molecule is NC(CO)C(=O)OOC1[C@H](O)C(O)C(O)C(O)[C@@H]1O. The second-order valence-electron chi connectivity index (χ2n) is 4.21. The average molecular weight is 283 g/mol. The third-order valence-electron chi connectivity index (χ3n) is 2.81. The molecule has 1 fully saturated rings. The molecule has 8 N–H and O–H groups in total. The maximum atomic E-state index is 11.1. The highest BCUT2D eigenvalue weighted by Gasteiger charge is 2.50. The Morgan fingerprint density at radius 2 is 1.42 bits per heavy atom. The molecule has 19 heavy (non-hydrogen) atoms. The van der Waals surface area contributed by atoms with Gasteiger partial charge in [0.25, 0.3) is 0 Å². The van der Waals surface area contributed by atoms with E-state index in [1.54, 1.807) is 0 Å². The van der Waals surface area contributed by atoms with Crippen LogP contribution in [0.2, 0.25) is 0 Å². The molecule has 10 heteroatoms. The van der Waals surface area contributed by atoms with Gasteiger partial charge in [0.15, 0.2) is 6.10 Å². The molecule has 1 rings (SSSR count). The van der Waals surface area contributed by atoms with E-state index in [0.717, 1.165) is 0 Å². The first kappa shape index (κ1) is 16.2. The number of nitrogens with two attached hydrogens (primary N) is 1. The maximum absolute atomic E-state index is 11.1. The Morgan fingerprint density at radius 1 is 1.00 bits per heavy atom. The summed E-state index contributed by atoms with van der Waals surface area (Å²) < 4.78 is 0. The molecule has 0 bridgehead atoms. The Balaban J connectivity index is 2.63. The molecular weight excluding hydrogens is 266 g/mol. The molecule has 0 aliphatic heterocycles. The second kappa shape index (κ2) is 6.54. The van der Waals surface area contributed by atoms with Crippen LogP contribution in [-0.4, -0.2) is 85.9 Å². The summed E-state index contributed by atoms with van der Waals surface area (Å²) in [6.07, 6.45) is -10.6. The van der Waals surface area contributed by atoms with Gasteiger partial charge in [0, 0.05) is 0 Å². The molecule has 0 amide bonds. The summed E-state index contributed by atoms with van der Waals surface area (Å²) in [5, 5.41) is 55.6. The predicted molar refractivity (Wildman–Crippen MR) is 56.1 cm³/mol. The van der Waals surface area contributed by atoms with Crippen molar-refractivity contribution < 1.29 is 45.2 Å². The monoisotopic (exact) mass is 283 g/mol. The minimum atomic E-state index is -1.80. The first-order chi connectivity index (χ1) is 8.81. The minimum absolute atomic E-state index is 0.706. The van der Waals surface area contributed by atoms with Gasteiger partial charge in [-0.1, -0.05) is 0 Å². The zero-order valence-electron chi connectivity index (χ0n) is 9.73. The number of aliphatic hydroxyl groups excluding tert-OH is 6. The molecule has 1 saturated carbocycles. The van der Waals surface area contributed by atoms with Gasteiger partial charge < -0.3 is 36.4 Å². The topological polar surface area (TPSA) is 183 Å². The lowest BCUT2D eigenvalue weighted by Crippen LogP contribution is -2.64. The minimum Gasteiger partial charge on any atom is -0.394 e. The fourth-order valence-corrected chi connectivity index (χ4v) is 1.55. The molecule has 10 nitrogen and oxygen atoms in total. The van der Waals surface area contributed by atoms with Crippen molar-refractivity contribution in [3.63, 3.8) is 0 Å². The second-order valence-corrected chi connectivity index (χ2v) is 4.21. The van der Waals surface area contributed by atoms with E-state index < -0.39 is 55.2 Å². The number of rotatable bonds is 4. The molecule has 5 unspecified atom stereocenters. The first-order valence-electron chi connectivity index (χ1n) is 5.45. The fourth-order valence-electron chi connectivity index (χ4n) is 1.55. The lowest BCUT2D eigenvalue weighted by atomic mass is 9.85. The van der Waals surface area contributed by atoms with E-state index in [4.69, 9.17) is 10.8 Å². The average Bonchev–Trinajstić information content (AvgIpc) is 2.41. The largest absolute Gasteiger partial charge is 0.394 e. The van der Waals surface area contributed by atoms with E-state index in [1.165, 1.54) is 0 Å². The summed E-state index contributed by atoms with van der Waals surface area (Å²) in [6, 6.07) is -1.38. The zero-order valence-corrected chi connectivity index (χ0v) is 9.73. The van der Waals surface area contributed by atoms with Gasteiger partial charge >= 0.3 is 5.97 Å². The molecule has 112 valence electrons. The van der Waals surface area contributed by atoms with Crippen LogP contribution in [0.5, 0.6) is 0 Å². The van der Waals surface area contributed by atoms with Gasteiger partial charge in [-0.3, -0.25) is 4.89 Å². The Morgan fingerprint density at radius 3 is 1.84 bits per heavy atom. The van der Waals surface area contributed by atoms with Crippen LogP contribution in [0.4, 0.5) is 0 Å². The normalized spacial score (nSPS) is 40.8. The number of carbonyl (C=O) groups excluding carboxylic acids is 1. The molecule has 0 radical (unpaired) electrons. The van der Waals surface area contributed by atoms with Crippen LogP contribution in [0.25, 0.3) is 0 Å². The molecule has 0 spiro atoms.